The van der Waals surface area contributed by atoms with Gasteiger partial charge in [0, 0.05) is 6.04 Å². The maximum Gasteiger partial charge on any atom is 0.490 e. The van der Waals surface area contributed by atoms with Crippen molar-refractivity contribution in [3.8, 4) is 0 Å². The first-order valence-electron chi connectivity index (χ1n) is 7.26. The lowest BCUT2D eigenvalue weighted by Gasteiger charge is -2.02. The molecule has 1 aromatic rings. The third kappa shape index (κ3) is 16.2. The lowest BCUT2D eigenvalue weighted by atomic mass is 10.1. The fourth-order valence-electron chi connectivity index (χ4n) is 1.30. The number of benzene rings is 1. The van der Waals surface area contributed by atoms with Crippen LogP contribution >= 0.6 is 0 Å². The SMILES string of the molecule is CC(N)Cc1ccccc1.COC(=O)C(F)(F)F.COC(=O)CNC=O. The number of hydrogen-bond acceptors (Lipinski definition) is 6. The number of nitrogens with two attached hydrogens (primary N) is 1. The Kier molecular flexibility index (Phi) is 14.5. The van der Waals surface area contributed by atoms with E-state index in [1.54, 1.807) is 0 Å². The molecule has 148 valence electrons. The van der Waals surface area contributed by atoms with Crippen molar-refractivity contribution in [3.63, 3.8) is 0 Å². The van der Waals surface area contributed by atoms with Gasteiger partial charge in [0.15, 0.2) is 0 Å². The number of carbonyl (C=O) groups excluding carboxylic acids is 3. The highest BCUT2D eigenvalue weighted by molar-refractivity contribution is 5.75. The summed E-state index contributed by atoms with van der Waals surface area (Å²) in [5.74, 6) is -2.62. The van der Waals surface area contributed by atoms with Gasteiger partial charge in [0.2, 0.25) is 6.41 Å². The molecule has 0 aliphatic rings. The summed E-state index contributed by atoms with van der Waals surface area (Å²) in [4.78, 5) is 29.1. The predicted molar refractivity (Wildman–Crippen MR) is 87.9 cm³/mol. The standard InChI is InChI=1S/C9H13N.C4H7NO3.C3H3F3O2/c1-8(10)7-9-5-3-2-4-6-9;1-8-4(7)2-5-3-6;1-8-2(7)3(4,5)6/h2-6,8H,7,10H2,1H3;3H,2H2,1H3,(H,5,6);1H3. The quantitative estimate of drug-likeness (QED) is 0.587. The Morgan fingerprint density at radius 1 is 1.19 bits per heavy atom. The minimum absolute atomic E-state index is 0.0556. The van der Waals surface area contributed by atoms with E-state index in [-0.39, 0.29) is 12.6 Å². The average molecular weight is 380 g/mol. The number of alkyl halides is 3. The van der Waals surface area contributed by atoms with E-state index in [1.807, 2.05) is 25.1 Å². The van der Waals surface area contributed by atoms with E-state index in [9.17, 15) is 27.6 Å². The molecular formula is C16H23F3N2O5. The molecular weight excluding hydrogens is 357 g/mol. The Morgan fingerprint density at radius 2 is 1.73 bits per heavy atom. The normalized spacial score (nSPS) is 10.7. The van der Waals surface area contributed by atoms with E-state index in [2.05, 4.69) is 26.9 Å². The van der Waals surface area contributed by atoms with E-state index in [0.29, 0.717) is 13.5 Å². The summed E-state index contributed by atoms with van der Waals surface area (Å²) >= 11 is 0. The molecule has 3 N–H and O–H groups in total. The molecule has 0 saturated carbocycles. The molecule has 0 fully saturated rings. The molecule has 0 aliphatic carbocycles. The molecule has 10 heteroatoms. The van der Waals surface area contributed by atoms with Gasteiger partial charge >= 0.3 is 18.1 Å². The van der Waals surface area contributed by atoms with Crippen LogP contribution in [0.1, 0.15) is 12.5 Å². The van der Waals surface area contributed by atoms with Gasteiger partial charge in [0.1, 0.15) is 6.54 Å². The van der Waals surface area contributed by atoms with Gasteiger partial charge in [-0.15, -0.1) is 0 Å². The van der Waals surface area contributed by atoms with Crippen LogP contribution in [0.3, 0.4) is 0 Å². The van der Waals surface area contributed by atoms with Crippen molar-refractivity contribution in [1.82, 2.24) is 5.32 Å². The zero-order valence-corrected chi connectivity index (χ0v) is 14.7. The second-order valence-corrected chi connectivity index (χ2v) is 4.73. The Labute approximate surface area is 149 Å². The Balaban J connectivity index is 0. The molecule has 1 rings (SSSR count). The second-order valence-electron chi connectivity index (χ2n) is 4.73. The summed E-state index contributed by atoms with van der Waals surface area (Å²) in [6.45, 7) is 1.97. The van der Waals surface area contributed by atoms with Crippen LogP contribution in [0.25, 0.3) is 0 Å². The number of nitrogens with one attached hydrogen (secondary N) is 1. The first kappa shape index (κ1) is 25.6. The van der Waals surface area contributed by atoms with Gasteiger partial charge in [-0.25, -0.2) is 4.79 Å². The molecule has 0 saturated heterocycles. The molecule has 26 heavy (non-hydrogen) atoms. The third-order valence-electron chi connectivity index (χ3n) is 2.37. The van der Waals surface area contributed by atoms with Crippen LogP contribution in [0, 0.1) is 0 Å². The van der Waals surface area contributed by atoms with E-state index >= 15 is 0 Å². The van der Waals surface area contributed by atoms with Crippen LogP contribution in [0.5, 0.6) is 0 Å². The van der Waals surface area contributed by atoms with Gasteiger partial charge in [-0.2, -0.15) is 13.2 Å². The van der Waals surface area contributed by atoms with E-state index in [0.717, 1.165) is 6.42 Å². The van der Waals surface area contributed by atoms with Crippen molar-refractivity contribution in [2.45, 2.75) is 25.6 Å². The van der Waals surface area contributed by atoms with Crippen LogP contribution in [0.2, 0.25) is 0 Å². The van der Waals surface area contributed by atoms with Crippen LogP contribution < -0.4 is 11.1 Å². The highest BCUT2D eigenvalue weighted by Gasteiger charge is 2.39. The molecule has 7 nitrogen and oxygen atoms in total. The monoisotopic (exact) mass is 380 g/mol. The topological polar surface area (TPSA) is 108 Å². The van der Waals surface area contributed by atoms with Gasteiger partial charge in [-0.1, -0.05) is 30.3 Å². The van der Waals surface area contributed by atoms with Gasteiger partial charge in [-0.05, 0) is 18.9 Å². The summed E-state index contributed by atoms with van der Waals surface area (Å²) in [6.07, 6.45) is -3.44. The number of halogens is 3. The summed E-state index contributed by atoms with van der Waals surface area (Å²) in [6, 6.07) is 10.6. The molecule has 1 aromatic carbocycles. The zero-order chi connectivity index (χ0) is 20.6. The maximum absolute atomic E-state index is 11.0. The van der Waals surface area contributed by atoms with Crippen molar-refractivity contribution >= 4 is 18.3 Å². The number of hydrogen-bond donors (Lipinski definition) is 2. The molecule has 1 unspecified atom stereocenters. The smallest absolute Gasteiger partial charge is 0.468 e. The summed E-state index contributed by atoms with van der Waals surface area (Å²) in [5, 5.41) is 2.14. The van der Waals surface area contributed by atoms with Crippen molar-refractivity contribution in [2.75, 3.05) is 20.8 Å². The molecule has 1 atom stereocenters. The molecule has 1 amide bonds. The molecule has 0 radical (unpaired) electrons. The second kappa shape index (κ2) is 14.7. The van der Waals surface area contributed by atoms with Crippen LogP contribution in [-0.2, 0) is 30.3 Å². The number of esters is 2. The first-order valence-corrected chi connectivity index (χ1v) is 7.26. The predicted octanol–water partition coefficient (Wildman–Crippen LogP) is 1.20. The molecule has 0 aromatic heterocycles. The van der Waals surface area contributed by atoms with Gasteiger partial charge in [-0.3, -0.25) is 9.59 Å². The van der Waals surface area contributed by atoms with Gasteiger partial charge in [0.25, 0.3) is 0 Å². The fourth-order valence-corrected chi connectivity index (χ4v) is 1.30. The molecule has 0 heterocycles. The minimum atomic E-state index is -4.85. The van der Waals surface area contributed by atoms with Crippen LogP contribution in [-0.4, -0.2) is 51.3 Å². The van der Waals surface area contributed by atoms with E-state index in [4.69, 9.17) is 5.73 Å². The largest absolute Gasteiger partial charge is 0.490 e. The maximum atomic E-state index is 11.0. The lowest BCUT2D eigenvalue weighted by Crippen LogP contribution is -2.23. The van der Waals surface area contributed by atoms with Crippen molar-refractivity contribution < 1.29 is 37.0 Å². The molecule has 0 bridgehead atoms. The Morgan fingerprint density at radius 3 is 2.04 bits per heavy atom. The zero-order valence-electron chi connectivity index (χ0n) is 14.7. The molecule has 0 aliphatic heterocycles. The van der Waals surface area contributed by atoms with Gasteiger partial charge in [0.05, 0.1) is 14.2 Å². The number of carbonyl (C=O) groups is 3. The van der Waals surface area contributed by atoms with Crippen LogP contribution in [0.15, 0.2) is 30.3 Å². The van der Waals surface area contributed by atoms with Crippen molar-refractivity contribution in [2.24, 2.45) is 5.73 Å². The number of methoxy groups -OCH3 is 2. The van der Waals surface area contributed by atoms with Crippen molar-refractivity contribution in [3.05, 3.63) is 35.9 Å². The lowest BCUT2D eigenvalue weighted by molar-refractivity contribution is -0.196. The summed E-state index contributed by atoms with van der Waals surface area (Å²) in [5.41, 5.74) is 6.94. The third-order valence-corrected chi connectivity index (χ3v) is 2.37. The average Bonchev–Trinajstić information content (AvgIpc) is 2.59. The summed E-state index contributed by atoms with van der Waals surface area (Å²) in [7, 11) is 1.94. The Hall–Kier alpha value is -2.62. The van der Waals surface area contributed by atoms with Gasteiger partial charge < -0.3 is 20.5 Å². The number of rotatable bonds is 5. The Bertz CT molecular complexity index is 522. The number of ether oxygens (including phenoxy) is 2. The van der Waals surface area contributed by atoms with Crippen molar-refractivity contribution in [1.29, 1.82) is 0 Å². The number of amides is 1. The van der Waals surface area contributed by atoms with E-state index < -0.39 is 18.1 Å². The van der Waals surface area contributed by atoms with Crippen LogP contribution in [0.4, 0.5) is 13.2 Å². The highest BCUT2D eigenvalue weighted by atomic mass is 19.4. The highest BCUT2D eigenvalue weighted by Crippen LogP contribution is 2.15. The first-order chi connectivity index (χ1) is 12.1. The van der Waals surface area contributed by atoms with E-state index in [1.165, 1.54) is 12.7 Å². The minimum Gasteiger partial charge on any atom is -0.468 e. The molecule has 0 spiro atoms. The summed E-state index contributed by atoms with van der Waals surface area (Å²) < 4.78 is 40.5. The fraction of sp³-hybridized carbons (Fsp3) is 0.438.